The van der Waals surface area contributed by atoms with Crippen LogP contribution in [0, 0.1) is 0 Å². The number of halogens is 1. The molecule has 0 atom stereocenters. The van der Waals surface area contributed by atoms with Crippen LogP contribution in [-0.4, -0.2) is 27.6 Å². The average molecular weight is 267 g/mol. The Morgan fingerprint density at radius 1 is 1.39 bits per heavy atom. The topological polar surface area (TPSA) is 73.6 Å². The third-order valence-electron chi connectivity index (χ3n) is 2.49. The predicted octanol–water partition coefficient (Wildman–Crippen LogP) is 1.95. The zero-order chi connectivity index (χ0) is 12.7. The number of hydrogen-bond acceptors (Lipinski definition) is 4. The molecule has 0 fully saturated rings. The number of carboxylic acids is 1. The predicted molar refractivity (Wildman–Crippen MR) is 61.7 cm³/mol. The molecule has 0 saturated carbocycles. The Labute approximate surface area is 106 Å². The number of carbonyl (C=O) groups is 1. The SMILES string of the molecule is O=C(O)c1nn(-c2ccc3c(c2)OCO3)cc1Cl. The van der Waals surface area contributed by atoms with Crippen molar-refractivity contribution in [2.24, 2.45) is 0 Å². The molecule has 92 valence electrons. The number of aromatic carboxylic acids is 1. The van der Waals surface area contributed by atoms with Crippen LogP contribution in [0.3, 0.4) is 0 Å². The molecule has 3 rings (SSSR count). The van der Waals surface area contributed by atoms with E-state index in [-0.39, 0.29) is 17.5 Å². The zero-order valence-corrected chi connectivity index (χ0v) is 9.72. The van der Waals surface area contributed by atoms with Crippen molar-refractivity contribution in [1.29, 1.82) is 0 Å². The summed E-state index contributed by atoms with van der Waals surface area (Å²) in [5.41, 5.74) is 0.461. The highest BCUT2D eigenvalue weighted by atomic mass is 35.5. The molecule has 18 heavy (non-hydrogen) atoms. The molecule has 1 aromatic heterocycles. The van der Waals surface area contributed by atoms with E-state index in [1.54, 1.807) is 18.2 Å². The summed E-state index contributed by atoms with van der Waals surface area (Å²) in [7, 11) is 0. The molecule has 0 saturated heterocycles. The molecule has 0 radical (unpaired) electrons. The number of carboxylic acid groups (broad SMARTS) is 1. The van der Waals surface area contributed by atoms with Gasteiger partial charge in [0.2, 0.25) is 6.79 Å². The number of hydrogen-bond donors (Lipinski definition) is 1. The highest BCUT2D eigenvalue weighted by Gasteiger charge is 2.17. The number of ether oxygens (including phenoxy) is 2. The second-order valence-corrected chi connectivity index (χ2v) is 4.02. The van der Waals surface area contributed by atoms with Gasteiger partial charge in [-0.15, -0.1) is 0 Å². The summed E-state index contributed by atoms with van der Waals surface area (Å²) in [4.78, 5) is 10.8. The minimum atomic E-state index is -1.17. The van der Waals surface area contributed by atoms with Gasteiger partial charge in [-0.05, 0) is 12.1 Å². The van der Waals surface area contributed by atoms with Crippen LogP contribution in [0.4, 0.5) is 0 Å². The van der Waals surface area contributed by atoms with E-state index >= 15 is 0 Å². The second-order valence-electron chi connectivity index (χ2n) is 3.61. The van der Waals surface area contributed by atoms with Crippen molar-refractivity contribution in [3.8, 4) is 17.2 Å². The maximum atomic E-state index is 10.8. The fourth-order valence-electron chi connectivity index (χ4n) is 1.66. The minimum absolute atomic E-state index is 0.0835. The third-order valence-corrected chi connectivity index (χ3v) is 2.77. The van der Waals surface area contributed by atoms with Crippen LogP contribution in [0.15, 0.2) is 24.4 Å². The van der Waals surface area contributed by atoms with Gasteiger partial charge in [-0.3, -0.25) is 0 Å². The Kier molecular flexibility index (Phi) is 2.38. The first kappa shape index (κ1) is 10.9. The lowest BCUT2D eigenvalue weighted by atomic mass is 10.3. The summed E-state index contributed by atoms with van der Waals surface area (Å²) in [6, 6.07) is 5.17. The van der Waals surface area contributed by atoms with Crippen molar-refractivity contribution < 1.29 is 19.4 Å². The molecule has 1 aliphatic heterocycles. The quantitative estimate of drug-likeness (QED) is 0.899. The van der Waals surface area contributed by atoms with Gasteiger partial charge >= 0.3 is 5.97 Å². The van der Waals surface area contributed by atoms with Crippen LogP contribution in [0.25, 0.3) is 5.69 Å². The van der Waals surface area contributed by atoms with E-state index in [1.807, 2.05) is 0 Å². The van der Waals surface area contributed by atoms with Crippen LogP contribution < -0.4 is 9.47 Å². The second kappa shape index (κ2) is 3.92. The summed E-state index contributed by atoms with van der Waals surface area (Å²) >= 11 is 5.79. The van der Waals surface area contributed by atoms with Crippen LogP contribution in [0.2, 0.25) is 5.02 Å². The molecule has 2 heterocycles. The number of benzene rings is 1. The van der Waals surface area contributed by atoms with Gasteiger partial charge in [-0.1, -0.05) is 11.6 Å². The van der Waals surface area contributed by atoms with E-state index < -0.39 is 5.97 Å². The van der Waals surface area contributed by atoms with E-state index in [2.05, 4.69) is 5.10 Å². The lowest BCUT2D eigenvalue weighted by Gasteiger charge is -2.02. The molecule has 0 aliphatic carbocycles. The lowest BCUT2D eigenvalue weighted by molar-refractivity contribution is 0.0690. The van der Waals surface area contributed by atoms with E-state index in [1.165, 1.54) is 10.9 Å². The molecule has 6 nitrogen and oxygen atoms in total. The molecule has 0 spiro atoms. The first-order valence-electron chi connectivity index (χ1n) is 5.03. The van der Waals surface area contributed by atoms with Gasteiger partial charge in [0.25, 0.3) is 0 Å². The number of fused-ring (bicyclic) bond motifs is 1. The van der Waals surface area contributed by atoms with Gasteiger partial charge in [0.15, 0.2) is 17.2 Å². The standard InChI is InChI=1S/C11H7ClN2O4/c12-7-4-14(13-10(7)11(15)16)6-1-2-8-9(3-6)18-5-17-8/h1-4H,5H2,(H,15,16). The summed E-state index contributed by atoms with van der Waals surface area (Å²) in [5, 5.41) is 12.9. The van der Waals surface area contributed by atoms with Gasteiger partial charge in [0, 0.05) is 6.07 Å². The fraction of sp³-hybridized carbons (Fsp3) is 0.0909. The lowest BCUT2D eigenvalue weighted by Crippen LogP contribution is -2.01. The van der Waals surface area contributed by atoms with Crippen molar-refractivity contribution in [2.45, 2.75) is 0 Å². The Bertz CT molecular complexity index is 638. The van der Waals surface area contributed by atoms with E-state index in [9.17, 15) is 4.79 Å². The first-order chi connectivity index (χ1) is 8.65. The molecule has 7 heteroatoms. The van der Waals surface area contributed by atoms with Crippen molar-refractivity contribution in [3.63, 3.8) is 0 Å². The monoisotopic (exact) mass is 266 g/mol. The number of nitrogens with zero attached hydrogens (tertiary/aromatic N) is 2. The fourth-order valence-corrected chi connectivity index (χ4v) is 1.87. The van der Waals surface area contributed by atoms with Gasteiger partial charge in [0.1, 0.15) is 0 Å². The van der Waals surface area contributed by atoms with E-state index in [0.717, 1.165) is 0 Å². The van der Waals surface area contributed by atoms with Gasteiger partial charge in [0.05, 0.1) is 16.9 Å². The molecule has 0 amide bonds. The van der Waals surface area contributed by atoms with E-state index in [4.69, 9.17) is 26.2 Å². The van der Waals surface area contributed by atoms with E-state index in [0.29, 0.717) is 17.2 Å². The Morgan fingerprint density at radius 2 is 2.17 bits per heavy atom. The zero-order valence-electron chi connectivity index (χ0n) is 8.96. The highest BCUT2D eigenvalue weighted by Crippen LogP contribution is 2.33. The van der Waals surface area contributed by atoms with Crippen LogP contribution in [0.1, 0.15) is 10.5 Å². The normalized spacial score (nSPS) is 12.7. The van der Waals surface area contributed by atoms with Crippen LogP contribution >= 0.6 is 11.6 Å². The van der Waals surface area contributed by atoms with Crippen molar-refractivity contribution in [2.75, 3.05) is 6.79 Å². The Hall–Kier alpha value is -2.21. The van der Waals surface area contributed by atoms with Crippen molar-refractivity contribution in [1.82, 2.24) is 9.78 Å². The molecule has 1 N–H and O–H groups in total. The maximum Gasteiger partial charge on any atom is 0.357 e. The molecule has 1 aliphatic rings. The summed E-state index contributed by atoms with van der Waals surface area (Å²) in [6.07, 6.45) is 1.43. The molecule has 2 aromatic rings. The molecule has 1 aromatic carbocycles. The van der Waals surface area contributed by atoms with Crippen LogP contribution in [-0.2, 0) is 0 Å². The Morgan fingerprint density at radius 3 is 2.89 bits per heavy atom. The third kappa shape index (κ3) is 1.67. The molecular weight excluding hydrogens is 260 g/mol. The first-order valence-corrected chi connectivity index (χ1v) is 5.41. The smallest absolute Gasteiger partial charge is 0.357 e. The molecule has 0 unspecified atom stereocenters. The summed E-state index contributed by atoms with van der Waals surface area (Å²) in [6.45, 7) is 0.180. The number of aromatic nitrogens is 2. The van der Waals surface area contributed by atoms with Gasteiger partial charge < -0.3 is 14.6 Å². The molecule has 0 bridgehead atoms. The van der Waals surface area contributed by atoms with Crippen molar-refractivity contribution >= 4 is 17.6 Å². The average Bonchev–Trinajstić information content (AvgIpc) is 2.93. The summed E-state index contributed by atoms with van der Waals surface area (Å²) in [5.74, 6) is 0.0750. The van der Waals surface area contributed by atoms with Crippen molar-refractivity contribution in [3.05, 3.63) is 35.1 Å². The highest BCUT2D eigenvalue weighted by molar-refractivity contribution is 6.33. The van der Waals surface area contributed by atoms with Gasteiger partial charge in [-0.25, -0.2) is 9.48 Å². The maximum absolute atomic E-state index is 10.8. The number of rotatable bonds is 2. The molecular formula is C11H7ClN2O4. The summed E-state index contributed by atoms with van der Waals surface area (Å²) < 4.78 is 11.8. The largest absolute Gasteiger partial charge is 0.476 e. The minimum Gasteiger partial charge on any atom is -0.476 e. The Balaban J connectivity index is 2.05. The van der Waals surface area contributed by atoms with Gasteiger partial charge in [-0.2, -0.15) is 5.10 Å². The van der Waals surface area contributed by atoms with Crippen LogP contribution in [0.5, 0.6) is 11.5 Å².